The second-order valence-corrected chi connectivity index (χ2v) is 5.35. The lowest BCUT2D eigenvalue weighted by atomic mass is 10.2. The van der Waals surface area contributed by atoms with E-state index in [9.17, 15) is 9.59 Å². The second-order valence-electron chi connectivity index (χ2n) is 4.03. The molecule has 3 N–H and O–H groups in total. The van der Waals surface area contributed by atoms with Gasteiger partial charge in [0.1, 0.15) is 5.00 Å². The number of carboxylic acid groups (broad SMARTS) is 1. The fraction of sp³-hybridized carbons (Fsp3) is 0.0769. The minimum Gasteiger partial charge on any atom is -0.478 e. The molecule has 2 aromatic rings. The lowest BCUT2D eigenvalue weighted by molar-refractivity contribution is 0.0698. The number of carbonyl (C=O) groups excluding carboxylic acids is 1. The van der Waals surface area contributed by atoms with E-state index in [2.05, 4.69) is 10.6 Å². The molecule has 2 rings (SSSR count). The zero-order valence-electron chi connectivity index (χ0n) is 10.4. The summed E-state index contributed by atoms with van der Waals surface area (Å²) in [5, 5.41) is 16.3. The number of halogens is 1. The number of nitrogens with one attached hydrogen (secondary N) is 2. The van der Waals surface area contributed by atoms with Crippen molar-refractivity contribution in [2.24, 2.45) is 0 Å². The molecule has 1 aromatic heterocycles. The molecule has 104 valence electrons. The predicted molar refractivity (Wildman–Crippen MR) is 80.1 cm³/mol. The summed E-state index contributed by atoms with van der Waals surface area (Å²) in [5.74, 6) is -1.09. The van der Waals surface area contributed by atoms with Crippen molar-refractivity contribution in [1.82, 2.24) is 0 Å². The van der Waals surface area contributed by atoms with Gasteiger partial charge in [-0.25, -0.2) is 9.59 Å². The zero-order chi connectivity index (χ0) is 14.7. The lowest BCUT2D eigenvalue weighted by Gasteiger charge is -2.09. The first-order valence-electron chi connectivity index (χ1n) is 5.62. The standard InChI is InChI=1S/C13H11ClN2O3S/c1-7-2-3-9(14)10(6-7)15-13(19)16-11-8(12(17)18)4-5-20-11/h2-6H,1H3,(H,17,18)(H2,15,16,19). The smallest absolute Gasteiger partial charge is 0.338 e. The molecule has 1 heterocycles. The van der Waals surface area contributed by atoms with Crippen molar-refractivity contribution in [3.8, 4) is 0 Å². The third kappa shape index (κ3) is 3.28. The van der Waals surface area contributed by atoms with Crippen molar-refractivity contribution >= 4 is 45.6 Å². The summed E-state index contributed by atoms with van der Waals surface area (Å²) in [5.41, 5.74) is 1.48. The SMILES string of the molecule is Cc1ccc(Cl)c(NC(=O)Nc2sccc2C(=O)O)c1. The average molecular weight is 311 g/mol. The minimum absolute atomic E-state index is 0.0560. The molecule has 0 bridgehead atoms. The summed E-state index contributed by atoms with van der Waals surface area (Å²) in [6.07, 6.45) is 0. The maximum atomic E-state index is 11.9. The third-order valence-electron chi connectivity index (χ3n) is 2.49. The van der Waals surface area contributed by atoms with Crippen molar-refractivity contribution < 1.29 is 14.7 Å². The Morgan fingerprint density at radius 3 is 2.70 bits per heavy atom. The lowest BCUT2D eigenvalue weighted by Crippen LogP contribution is -2.20. The Balaban J connectivity index is 2.11. The molecule has 0 saturated heterocycles. The van der Waals surface area contributed by atoms with E-state index in [1.165, 1.54) is 6.07 Å². The number of anilines is 2. The van der Waals surface area contributed by atoms with Crippen LogP contribution < -0.4 is 10.6 Å². The van der Waals surface area contributed by atoms with E-state index >= 15 is 0 Å². The fourth-order valence-electron chi connectivity index (χ4n) is 1.57. The maximum absolute atomic E-state index is 11.9. The Morgan fingerprint density at radius 1 is 1.25 bits per heavy atom. The predicted octanol–water partition coefficient (Wildman–Crippen LogP) is 4.05. The van der Waals surface area contributed by atoms with E-state index in [1.54, 1.807) is 17.5 Å². The van der Waals surface area contributed by atoms with E-state index in [1.807, 2.05) is 13.0 Å². The number of urea groups is 1. The number of thiophene rings is 1. The molecule has 0 fully saturated rings. The summed E-state index contributed by atoms with van der Waals surface area (Å²) in [6, 6.07) is 6.13. The Kier molecular flexibility index (Phi) is 4.26. The van der Waals surface area contributed by atoms with Gasteiger partial charge in [0, 0.05) is 0 Å². The van der Waals surface area contributed by atoms with Gasteiger partial charge < -0.3 is 10.4 Å². The quantitative estimate of drug-likeness (QED) is 0.800. The van der Waals surface area contributed by atoms with Crippen molar-refractivity contribution in [2.75, 3.05) is 10.6 Å². The normalized spacial score (nSPS) is 10.1. The number of carboxylic acids is 1. The average Bonchev–Trinajstić information content (AvgIpc) is 2.82. The first kappa shape index (κ1) is 14.4. The Labute approximate surface area is 124 Å². The number of hydrogen-bond donors (Lipinski definition) is 3. The first-order valence-corrected chi connectivity index (χ1v) is 6.88. The van der Waals surface area contributed by atoms with Crippen LogP contribution in [0.3, 0.4) is 0 Å². The molecule has 0 aliphatic carbocycles. The van der Waals surface area contributed by atoms with Crippen molar-refractivity contribution in [1.29, 1.82) is 0 Å². The van der Waals surface area contributed by atoms with E-state index in [-0.39, 0.29) is 10.6 Å². The van der Waals surface area contributed by atoms with E-state index in [0.29, 0.717) is 10.7 Å². The zero-order valence-corrected chi connectivity index (χ0v) is 12.0. The number of aryl methyl sites for hydroxylation is 1. The van der Waals surface area contributed by atoms with Gasteiger partial charge in [-0.15, -0.1) is 11.3 Å². The highest BCUT2D eigenvalue weighted by Gasteiger charge is 2.14. The number of aromatic carboxylic acids is 1. The highest BCUT2D eigenvalue weighted by Crippen LogP contribution is 2.25. The van der Waals surface area contributed by atoms with Crippen molar-refractivity contribution in [3.05, 3.63) is 45.8 Å². The molecule has 0 aliphatic rings. The largest absolute Gasteiger partial charge is 0.478 e. The summed E-state index contributed by atoms with van der Waals surface area (Å²) < 4.78 is 0. The van der Waals surface area contributed by atoms with Crippen LogP contribution >= 0.6 is 22.9 Å². The summed E-state index contributed by atoms with van der Waals surface area (Å²) in [7, 11) is 0. The molecule has 0 radical (unpaired) electrons. The number of hydrogen-bond acceptors (Lipinski definition) is 3. The summed E-state index contributed by atoms with van der Waals surface area (Å²) >= 11 is 7.11. The number of rotatable bonds is 3. The van der Waals surface area contributed by atoms with Crippen LogP contribution in [-0.2, 0) is 0 Å². The first-order chi connectivity index (χ1) is 9.47. The molecule has 1 aromatic carbocycles. The van der Waals surface area contributed by atoms with Gasteiger partial charge in [0.25, 0.3) is 0 Å². The van der Waals surface area contributed by atoms with Crippen LogP contribution in [0.15, 0.2) is 29.6 Å². The maximum Gasteiger partial charge on any atom is 0.338 e. The molecule has 7 heteroatoms. The molecule has 0 unspecified atom stereocenters. The molecular formula is C13H11ClN2O3S. The highest BCUT2D eigenvalue weighted by atomic mass is 35.5. The van der Waals surface area contributed by atoms with Gasteiger partial charge in [-0.2, -0.15) is 0 Å². The third-order valence-corrected chi connectivity index (χ3v) is 3.65. The van der Waals surface area contributed by atoms with Crippen LogP contribution in [0.2, 0.25) is 5.02 Å². The molecule has 0 atom stereocenters. The topological polar surface area (TPSA) is 78.4 Å². The number of benzene rings is 1. The molecule has 0 aliphatic heterocycles. The van der Waals surface area contributed by atoms with Gasteiger partial charge >= 0.3 is 12.0 Å². The van der Waals surface area contributed by atoms with Crippen LogP contribution in [0.5, 0.6) is 0 Å². The van der Waals surface area contributed by atoms with Crippen LogP contribution in [0, 0.1) is 6.92 Å². The van der Waals surface area contributed by atoms with Gasteiger partial charge in [0.15, 0.2) is 0 Å². The monoisotopic (exact) mass is 310 g/mol. The van der Waals surface area contributed by atoms with Gasteiger partial charge in [0.2, 0.25) is 0 Å². The van der Waals surface area contributed by atoms with E-state index in [0.717, 1.165) is 16.9 Å². The van der Waals surface area contributed by atoms with Crippen molar-refractivity contribution in [2.45, 2.75) is 6.92 Å². The van der Waals surface area contributed by atoms with Crippen LogP contribution in [0.4, 0.5) is 15.5 Å². The Bertz CT molecular complexity index is 669. The van der Waals surface area contributed by atoms with Gasteiger partial charge in [-0.3, -0.25) is 5.32 Å². The van der Waals surface area contributed by atoms with Crippen LogP contribution in [0.1, 0.15) is 15.9 Å². The molecule has 20 heavy (non-hydrogen) atoms. The molecular weight excluding hydrogens is 300 g/mol. The summed E-state index contributed by atoms with van der Waals surface area (Å²) in [4.78, 5) is 22.8. The molecule has 2 amide bonds. The van der Waals surface area contributed by atoms with Gasteiger partial charge in [-0.05, 0) is 36.1 Å². The molecule has 0 saturated carbocycles. The van der Waals surface area contributed by atoms with Gasteiger partial charge in [-0.1, -0.05) is 17.7 Å². The van der Waals surface area contributed by atoms with Gasteiger partial charge in [0.05, 0.1) is 16.3 Å². The Hall–Kier alpha value is -2.05. The fourth-order valence-corrected chi connectivity index (χ4v) is 2.51. The number of amides is 2. The minimum atomic E-state index is -1.09. The Morgan fingerprint density at radius 2 is 2.00 bits per heavy atom. The van der Waals surface area contributed by atoms with E-state index < -0.39 is 12.0 Å². The van der Waals surface area contributed by atoms with Crippen LogP contribution in [-0.4, -0.2) is 17.1 Å². The molecule has 5 nitrogen and oxygen atoms in total. The number of carbonyl (C=O) groups is 2. The van der Waals surface area contributed by atoms with E-state index in [4.69, 9.17) is 16.7 Å². The second kappa shape index (κ2) is 5.94. The van der Waals surface area contributed by atoms with Crippen molar-refractivity contribution in [3.63, 3.8) is 0 Å². The van der Waals surface area contributed by atoms with Crippen LogP contribution in [0.25, 0.3) is 0 Å². The highest BCUT2D eigenvalue weighted by molar-refractivity contribution is 7.14. The summed E-state index contributed by atoms with van der Waals surface area (Å²) in [6.45, 7) is 1.88. The molecule has 0 spiro atoms.